The lowest BCUT2D eigenvalue weighted by Gasteiger charge is -2.29. The highest BCUT2D eigenvalue weighted by atomic mass is 16.5. The van der Waals surface area contributed by atoms with Gasteiger partial charge in [-0.2, -0.15) is 5.10 Å². The van der Waals surface area contributed by atoms with E-state index in [1.165, 1.54) is 11.4 Å². The predicted molar refractivity (Wildman–Crippen MR) is 132 cm³/mol. The van der Waals surface area contributed by atoms with Gasteiger partial charge < -0.3 is 19.1 Å². The molecule has 0 fully saturated rings. The first-order chi connectivity index (χ1) is 16.3. The Morgan fingerprint density at radius 1 is 1.06 bits per heavy atom. The summed E-state index contributed by atoms with van der Waals surface area (Å²) in [4.78, 5) is 7.51. The molecule has 2 N–H and O–H groups in total. The number of methoxy groups -OCH3 is 2. The van der Waals surface area contributed by atoms with Crippen LogP contribution >= 0.6 is 0 Å². The fraction of sp³-hybridized carbons (Fsp3) is 0.538. The molecule has 3 aromatic rings. The zero-order valence-electron chi connectivity index (χ0n) is 21.2. The Bertz CT molecular complexity index is 1110. The number of aromatic amines is 1. The molecule has 184 valence electrons. The number of fused-ring (bicyclic) bond motifs is 1. The normalized spacial score (nSPS) is 14.1. The van der Waals surface area contributed by atoms with Crippen LogP contribution in [0.1, 0.15) is 62.7 Å². The second-order valence-corrected chi connectivity index (χ2v) is 9.84. The van der Waals surface area contributed by atoms with Gasteiger partial charge in [0.25, 0.3) is 0 Å². The van der Waals surface area contributed by atoms with Gasteiger partial charge in [-0.15, -0.1) is 0 Å². The third kappa shape index (κ3) is 4.92. The standard InChI is InChI=1S/C26H37N5O3/c1-16(2)7-8-19-22-15-30(14-18-11-23(33-5)25(32)24(12-18)34-6)9-10-31(22)26(27-19)21-13-20(17(3)4)28-29-21/h11-13,16-17,32H,7-10,14-15H2,1-6H3,(H,28,29). The minimum Gasteiger partial charge on any atom is -0.502 e. The summed E-state index contributed by atoms with van der Waals surface area (Å²) in [5.41, 5.74) is 5.53. The molecule has 0 atom stereocenters. The molecule has 4 rings (SSSR count). The van der Waals surface area contributed by atoms with E-state index in [1.807, 2.05) is 12.1 Å². The Balaban J connectivity index is 1.62. The average Bonchev–Trinajstić information content (AvgIpc) is 3.43. The molecule has 8 heteroatoms. The molecule has 0 unspecified atom stereocenters. The Morgan fingerprint density at radius 3 is 2.35 bits per heavy atom. The van der Waals surface area contributed by atoms with Crippen molar-refractivity contribution in [1.82, 2.24) is 24.6 Å². The van der Waals surface area contributed by atoms with Crippen LogP contribution in [0.25, 0.3) is 11.5 Å². The number of phenolic OH excluding ortho intramolecular Hbond substituents is 1. The molecule has 0 bridgehead atoms. The number of ether oxygens (including phenoxy) is 2. The first-order valence-electron chi connectivity index (χ1n) is 12.1. The summed E-state index contributed by atoms with van der Waals surface area (Å²) < 4.78 is 13.0. The van der Waals surface area contributed by atoms with Gasteiger partial charge in [-0.05, 0) is 48.4 Å². The number of nitrogens with one attached hydrogen (secondary N) is 1. The molecular formula is C26H37N5O3. The minimum atomic E-state index is 0.0332. The van der Waals surface area contributed by atoms with Crippen LogP contribution in [0.5, 0.6) is 17.2 Å². The summed E-state index contributed by atoms with van der Waals surface area (Å²) in [6.45, 7) is 12.1. The maximum Gasteiger partial charge on any atom is 0.200 e. The van der Waals surface area contributed by atoms with E-state index in [9.17, 15) is 5.11 Å². The molecule has 0 saturated heterocycles. The largest absolute Gasteiger partial charge is 0.502 e. The van der Waals surface area contributed by atoms with E-state index in [-0.39, 0.29) is 5.75 Å². The number of aryl methyl sites for hydroxylation is 1. The van der Waals surface area contributed by atoms with Crippen LogP contribution in [0.4, 0.5) is 0 Å². The van der Waals surface area contributed by atoms with E-state index in [2.05, 4.69) is 53.4 Å². The number of rotatable bonds is 9. The summed E-state index contributed by atoms with van der Waals surface area (Å²) in [5, 5.41) is 18.0. The third-order valence-corrected chi connectivity index (χ3v) is 6.52. The molecule has 1 aliphatic rings. The van der Waals surface area contributed by atoms with Crippen LogP contribution in [0.3, 0.4) is 0 Å². The Hall–Kier alpha value is -3.00. The average molecular weight is 468 g/mol. The van der Waals surface area contributed by atoms with E-state index in [4.69, 9.17) is 14.5 Å². The Kier molecular flexibility index (Phi) is 7.16. The van der Waals surface area contributed by atoms with Crippen LogP contribution in [-0.4, -0.2) is 50.5 Å². The maximum atomic E-state index is 10.3. The molecule has 0 aliphatic carbocycles. The molecule has 1 aromatic carbocycles. The van der Waals surface area contributed by atoms with E-state index < -0.39 is 0 Å². The molecule has 0 radical (unpaired) electrons. The molecule has 1 aliphatic heterocycles. The SMILES string of the molecule is COc1cc(CN2CCn3c(-c4cc(C(C)C)[nH]n4)nc(CCC(C)C)c3C2)cc(OC)c1O. The highest BCUT2D eigenvalue weighted by Gasteiger charge is 2.26. The highest BCUT2D eigenvalue weighted by Crippen LogP contribution is 2.38. The number of aromatic nitrogens is 4. The van der Waals surface area contributed by atoms with Crippen molar-refractivity contribution in [3.8, 4) is 28.8 Å². The lowest BCUT2D eigenvalue weighted by atomic mass is 10.0. The summed E-state index contributed by atoms with van der Waals surface area (Å²) in [7, 11) is 3.11. The van der Waals surface area contributed by atoms with E-state index in [0.29, 0.717) is 23.3 Å². The number of imidazole rings is 1. The molecule has 8 nitrogen and oxygen atoms in total. The van der Waals surface area contributed by atoms with Gasteiger partial charge in [0.1, 0.15) is 5.69 Å². The van der Waals surface area contributed by atoms with Crippen LogP contribution in [-0.2, 0) is 26.1 Å². The van der Waals surface area contributed by atoms with Gasteiger partial charge in [-0.25, -0.2) is 4.98 Å². The van der Waals surface area contributed by atoms with Gasteiger partial charge in [-0.1, -0.05) is 27.7 Å². The summed E-state index contributed by atoms with van der Waals surface area (Å²) >= 11 is 0. The van der Waals surface area contributed by atoms with Crippen molar-refractivity contribution in [1.29, 1.82) is 0 Å². The van der Waals surface area contributed by atoms with Crippen molar-refractivity contribution >= 4 is 0 Å². The number of aromatic hydroxyl groups is 1. The van der Waals surface area contributed by atoms with E-state index in [0.717, 1.165) is 61.8 Å². The Morgan fingerprint density at radius 2 is 1.76 bits per heavy atom. The van der Waals surface area contributed by atoms with E-state index >= 15 is 0 Å². The van der Waals surface area contributed by atoms with Crippen LogP contribution < -0.4 is 9.47 Å². The fourth-order valence-corrected chi connectivity index (χ4v) is 4.49. The van der Waals surface area contributed by atoms with Crippen molar-refractivity contribution in [2.45, 2.75) is 66.1 Å². The Labute approximate surface area is 201 Å². The van der Waals surface area contributed by atoms with Crippen molar-refractivity contribution in [3.05, 3.63) is 40.8 Å². The van der Waals surface area contributed by atoms with Crippen LogP contribution in [0.15, 0.2) is 18.2 Å². The third-order valence-electron chi connectivity index (χ3n) is 6.52. The van der Waals surface area contributed by atoms with Crippen LogP contribution in [0.2, 0.25) is 0 Å². The summed E-state index contributed by atoms with van der Waals surface area (Å²) in [6, 6.07) is 5.89. The summed E-state index contributed by atoms with van der Waals surface area (Å²) in [5.74, 6) is 2.87. The van der Waals surface area contributed by atoms with Crippen LogP contribution in [0, 0.1) is 5.92 Å². The lowest BCUT2D eigenvalue weighted by Crippen LogP contribution is -2.33. The first kappa shape index (κ1) is 24.1. The summed E-state index contributed by atoms with van der Waals surface area (Å²) in [6.07, 6.45) is 2.07. The molecular weight excluding hydrogens is 430 g/mol. The molecule has 0 spiro atoms. The number of nitrogens with zero attached hydrogens (tertiary/aromatic N) is 4. The second kappa shape index (κ2) is 10.1. The van der Waals surface area contributed by atoms with Crippen molar-refractivity contribution in [2.75, 3.05) is 20.8 Å². The smallest absolute Gasteiger partial charge is 0.200 e. The van der Waals surface area contributed by atoms with Gasteiger partial charge in [0, 0.05) is 31.9 Å². The minimum absolute atomic E-state index is 0.0332. The number of hydrogen-bond acceptors (Lipinski definition) is 6. The number of hydrogen-bond donors (Lipinski definition) is 2. The molecule has 2 aromatic heterocycles. The number of H-pyrrole nitrogens is 1. The van der Waals surface area contributed by atoms with Gasteiger partial charge in [0.05, 0.1) is 25.6 Å². The zero-order chi connectivity index (χ0) is 24.4. The predicted octanol–water partition coefficient (Wildman–Crippen LogP) is 4.72. The van der Waals surface area contributed by atoms with Crippen molar-refractivity contribution in [3.63, 3.8) is 0 Å². The highest BCUT2D eigenvalue weighted by molar-refractivity contribution is 5.54. The van der Waals surface area contributed by atoms with Crippen molar-refractivity contribution < 1.29 is 14.6 Å². The monoisotopic (exact) mass is 467 g/mol. The number of phenols is 1. The molecule has 0 amide bonds. The zero-order valence-corrected chi connectivity index (χ0v) is 21.2. The van der Waals surface area contributed by atoms with Gasteiger partial charge in [0.15, 0.2) is 17.3 Å². The van der Waals surface area contributed by atoms with E-state index in [1.54, 1.807) is 14.2 Å². The molecule has 0 saturated carbocycles. The van der Waals surface area contributed by atoms with Gasteiger partial charge in [-0.3, -0.25) is 10.00 Å². The van der Waals surface area contributed by atoms with Crippen molar-refractivity contribution in [2.24, 2.45) is 5.92 Å². The van der Waals surface area contributed by atoms with Gasteiger partial charge in [0.2, 0.25) is 5.75 Å². The fourth-order valence-electron chi connectivity index (χ4n) is 4.49. The van der Waals surface area contributed by atoms with Gasteiger partial charge >= 0.3 is 0 Å². The first-order valence-corrected chi connectivity index (χ1v) is 12.1. The number of benzene rings is 1. The second-order valence-electron chi connectivity index (χ2n) is 9.84. The molecule has 3 heterocycles. The molecule has 34 heavy (non-hydrogen) atoms. The topological polar surface area (TPSA) is 88.4 Å². The maximum absolute atomic E-state index is 10.3. The quantitative estimate of drug-likeness (QED) is 0.473. The lowest BCUT2D eigenvalue weighted by molar-refractivity contribution is 0.212.